The molecule has 1 aliphatic carbocycles. The average Bonchev–Trinajstić information content (AvgIpc) is 3.46. The minimum absolute atomic E-state index is 0.0316. The average molecular weight is 421 g/mol. The number of sulfonamides is 1. The summed E-state index contributed by atoms with van der Waals surface area (Å²) in [5.41, 5.74) is 1.13. The van der Waals surface area contributed by atoms with Crippen LogP contribution in [0.25, 0.3) is 0 Å². The third-order valence-electron chi connectivity index (χ3n) is 6.47. The zero-order valence-corrected chi connectivity index (χ0v) is 18.2. The van der Waals surface area contributed by atoms with E-state index < -0.39 is 10.0 Å². The Hall–Kier alpha value is -1.44. The molecule has 0 spiro atoms. The van der Waals surface area contributed by atoms with Crippen LogP contribution < -0.4 is 0 Å². The summed E-state index contributed by atoms with van der Waals surface area (Å²) in [7, 11) is -3.54. The van der Waals surface area contributed by atoms with Crippen LogP contribution in [0.15, 0.2) is 29.2 Å². The van der Waals surface area contributed by atoms with Crippen LogP contribution in [0.2, 0.25) is 0 Å². The van der Waals surface area contributed by atoms with E-state index in [2.05, 4.69) is 13.8 Å². The fourth-order valence-corrected chi connectivity index (χ4v) is 5.98. The summed E-state index contributed by atoms with van der Waals surface area (Å²) in [6, 6.07) is 7.37. The first kappa shape index (κ1) is 20.8. The summed E-state index contributed by atoms with van der Waals surface area (Å²) in [4.78, 5) is 15.4. The molecule has 0 radical (unpaired) electrons. The first-order valence-corrected chi connectivity index (χ1v) is 12.3. The van der Waals surface area contributed by atoms with Crippen molar-refractivity contribution in [2.75, 3.05) is 26.3 Å². The zero-order chi connectivity index (χ0) is 20.6. The van der Waals surface area contributed by atoms with Crippen molar-refractivity contribution < 1.29 is 17.9 Å². The number of ether oxygens (including phenoxy) is 1. The lowest BCUT2D eigenvalue weighted by atomic mass is 10.0. The number of nitrogens with zero attached hydrogens (tertiary/aromatic N) is 2. The Morgan fingerprint density at radius 3 is 2.28 bits per heavy atom. The van der Waals surface area contributed by atoms with Crippen molar-refractivity contribution in [2.45, 2.75) is 68.8 Å². The molecule has 160 valence electrons. The predicted molar refractivity (Wildman–Crippen MR) is 111 cm³/mol. The summed E-state index contributed by atoms with van der Waals surface area (Å²) in [6.07, 6.45) is 4.33. The monoisotopic (exact) mass is 420 g/mol. The molecule has 2 aliphatic heterocycles. The Balaban J connectivity index is 1.50. The van der Waals surface area contributed by atoms with E-state index in [1.54, 1.807) is 16.4 Å². The van der Waals surface area contributed by atoms with Crippen molar-refractivity contribution in [3.8, 4) is 0 Å². The van der Waals surface area contributed by atoms with E-state index in [1.165, 1.54) is 0 Å². The largest absolute Gasteiger partial charge is 0.381 e. The number of rotatable bonds is 6. The van der Waals surface area contributed by atoms with Gasteiger partial charge in [-0.25, -0.2) is 8.42 Å². The van der Waals surface area contributed by atoms with E-state index in [0.29, 0.717) is 43.5 Å². The Kier molecular flexibility index (Phi) is 6.00. The second-order valence-corrected chi connectivity index (χ2v) is 10.8. The molecule has 1 saturated carbocycles. The van der Waals surface area contributed by atoms with Crippen molar-refractivity contribution >= 4 is 15.9 Å². The second-order valence-electron chi connectivity index (χ2n) is 8.89. The minimum Gasteiger partial charge on any atom is -0.381 e. The molecule has 2 saturated heterocycles. The Bertz CT molecular complexity index is 827. The molecular weight excluding hydrogens is 388 g/mol. The SMILES string of the molecule is CC(C)c1ccc(S(=O)(=O)N2CCC(N(C(=O)C3CC3)C3CCOCC3)C2)cc1. The molecule has 1 unspecified atom stereocenters. The van der Waals surface area contributed by atoms with Gasteiger partial charge in [0.15, 0.2) is 0 Å². The molecule has 7 heteroatoms. The van der Waals surface area contributed by atoms with Crippen molar-refractivity contribution in [3.63, 3.8) is 0 Å². The molecule has 3 fully saturated rings. The number of carbonyl (C=O) groups is 1. The lowest BCUT2D eigenvalue weighted by molar-refractivity contribution is -0.139. The fraction of sp³-hybridized carbons (Fsp3) is 0.682. The summed E-state index contributed by atoms with van der Waals surface area (Å²) in [6.45, 7) is 6.40. The van der Waals surface area contributed by atoms with Crippen LogP contribution in [0, 0.1) is 5.92 Å². The van der Waals surface area contributed by atoms with Gasteiger partial charge in [-0.2, -0.15) is 4.31 Å². The lowest BCUT2D eigenvalue weighted by Gasteiger charge is -2.38. The maximum absolute atomic E-state index is 13.2. The van der Waals surface area contributed by atoms with E-state index in [1.807, 2.05) is 17.0 Å². The van der Waals surface area contributed by atoms with Crippen LogP contribution in [0.3, 0.4) is 0 Å². The lowest BCUT2D eigenvalue weighted by Crippen LogP contribution is -2.51. The molecular formula is C22H32N2O4S. The van der Waals surface area contributed by atoms with Gasteiger partial charge in [0.05, 0.1) is 4.90 Å². The zero-order valence-electron chi connectivity index (χ0n) is 17.4. The molecule has 4 rings (SSSR count). The summed E-state index contributed by atoms with van der Waals surface area (Å²) in [5.74, 6) is 0.735. The highest BCUT2D eigenvalue weighted by molar-refractivity contribution is 7.89. The molecule has 0 aromatic heterocycles. The molecule has 0 N–H and O–H groups in total. The number of hydrogen-bond acceptors (Lipinski definition) is 4. The Morgan fingerprint density at radius 2 is 1.69 bits per heavy atom. The van der Waals surface area contributed by atoms with Gasteiger partial charge in [-0.15, -0.1) is 0 Å². The van der Waals surface area contributed by atoms with Crippen molar-refractivity contribution in [3.05, 3.63) is 29.8 Å². The van der Waals surface area contributed by atoms with Gasteiger partial charge in [-0.3, -0.25) is 4.79 Å². The highest BCUT2D eigenvalue weighted by Gasteiger charge is 2.43. The van der Waals surface area contributed by atoms with E-state index >= 15 is 0 Å². The van der Waals surface area contributed by atoms with Gasteiger partial charge in [0.25, 0.3) is 0 Å². The molecule has 29 heavy (non-hydrogen) atoms. The Morgan fingerprint density at radius 1 is 1.03 bits per heavy atom. The molecule has 1 atom stereocenters. The second kappa shape index (κ2) is 8.36. The molecule has 6 nitrogen and oxygen atoms in total. The van der Waals surface area contributed by atoms with E-state index in [4.69, 9.17) is 4.74 Å². The van der Waals surface area contributed by atoms with Crippen LogP contribution in [0.4, 0.5) is 0 Å². The summed E-state index contributed by atoms with van der Waals surface area (Å²) >= 11 is 0. The molecule has 3 aliphatic rings. The number of carbonyl (C=O) groups excluding carboxylic acids is 1. The third kappa shape index (κ3) is 4.37. The number of benzene rings is 1. The van der Waals surface area contributed by atoms with Crippen molar-refractivity contribution in [1.82, 2.24) is 9.21 Å². The van der Waals surface area contributed by atoms with Crippen LogP contribution in [-0.2, 0) is 19.6 Å². The van der Waals surface area contributed by atoms with Crippen LogP contribution in [0.5, 0.6) is 0 Å². The first-order chi connectivity index (χ1) is 13.9. The van der Waals surface area contributed by atoms with Gasteiger partial charge in [0.2, 0.25) is 15.9 Å². The molecule has 1 aromatic carbocycles. The van der Waals surface area contributed by atoms with Crippen LogP contribution in [-0.4, -0.2) is 61.9 Å². The highest BCUT2D eigenvalue weighted by atomic mass is 32.2. The Labute approximate surface area is 174 Å². The van der Waals surface area contributed by atoms with E-state index in [9.17, 15) is 13.2 Å². The standard InChI is InChI=1S/C22H32N2O4S/c1-16(2)17-5-7-21(8-6-17)29(26,27)23-12-9-20(15-23)24(22(25)18-3-4-18)19-10-13-28-14-11-19/h5-8,16,18-20H,3-4,9-15H2,1-2H3. The molecule has 1 aromatic rings. The quantitative estimate of drug-likeness (QED) is 0.710. The van der Waals surface area contributed by atoms with E-state index in [0.717, 1.165) is 31.2 Å². The predicted octanol–water partition coefficient (Wildman–Crippen LogP) is 2.99. The van der Waals surface area contributed by atoms with Gasteiger partial charge in [0.1, 0.15) is 0 Å². The van der Waals surface area contributed by atoms with Crippen LogP contribution in [0.1, 0.15) is 57.4 Å². The third-order valence-corrected chi connectivity index (χ3v) is 8.35. The van der Waals surface area contributed by atoms with Gasteiger partial charge in [-0.05, 0) is 55.7 Å². The van der Waals surface area contributed by atoms with Crippen molar-refractivity contribution in [1.29, 1.82) is 0 Å². The fourth-order valence-electron chi connectivity index (χ4n) is 4.49. The maximum atomic E-state index is 13.2. The highest BCUT2D eigenvalue weighted by Crippen LogP contribution is 2.36. The number of amides is 1. The van der Waals surface area contributed by atoms with Crippen molar-refractivity contribution in [2.24, 2.45) is 5.92 Å². The smallest absolute Gasteiger partial charge is 0.243 e. The molecule has 1 amide bonds. The first-order valence-electron chi connectivity index (χ1n) is 10.9. The summed E-state index contributed by atoms with van der Waals surface area (Å²) in [5, 5.41) is 0. The van der Waals surface area contributed by atoms with Gasteiger partial charge in [-0.1, -0.05) is 26.0 Å². The topological polar surface area (TPSA) is 66.9 Å². The molecule has 2 heterocycles. The maximum Gasteiger partial charge on any atom is 0.243 e. The van der Waals surface area contributed by atoms with Gasteiger partial charge >= 0.3 is 0 Å². The number of hydrogen-bond donors (Lipinski definition) is 0. The molecule has 0 bridgehead atoms. The minimum atomic E-state index is -3.54. The van der Waals surface area contributed by atoms with E-state index in [-0.39, 0.29) is 23.9 Å². The summed E-state index contributed by atoms with van der Waals surface area (Å²) < 4.78 is 33.4. The normalized spacial score (nSPS) is 24.2. The van der Waals surface area contributed by atoms with Gasteiger partial charge in [0, 0.05) is 44.3 Å². The van der Waals surface area contributed by atoms with Crippen LogP contribution >= 0.6 is 0 Å². The van der Waals surface area contributed by atoms with Gasteiger partial charge < -0.3 is 9.64 Å².